The Morgan fingerprint density at radius 3 is 2.05 bits per heavy atom. The van der Waals surface area contributed by atoms with Crippen LogP contribution >= 0.6 is 34.8 Å². The topological polar surface area (TPSA) is 26.0 Å². The molecule has 0 heterocycles. The lowest BCUT2D eigenvalue weighted by molar-refractivity contribution is 0.881. The zero-order valence-corrected chi connectivity index (χ0v) is 13.3. The van der Waals surface area contributed by atoms with Crippen LogP contribution < -0.4 is 5.73 Å². The molecule has 106 valence electrons. The Hall–Kier alpha value is -1.25. The third kappa shape index (κ3) is 2.88. The highest BCUT2D eigenvalue weighted by molar-refractivity contribution is 6.35. The Kier molecular flexibility index (Phi) is 4.10. The standard InChI is InChI=1S/C17H12Cl3N/c18-11-7-10(8-12(19)9-11)17(21)15-5-6-16(20)14-4-2-1-3-13(14)15/h1-9,17H,21H2. The molecule has 1 nitrogen and oxygen atoms in total. The Bertz CT molecular complexity index is 794. The molecule has 0 aliphatic carbocycles. The molecule has 0 aliphatic heterocycles. The summed E-state index contributed by atoms with van der Waals surface area (Å²) in [5.41, 5.74) is 8.28. The second-order valence-corrected chi connectivity index (χ2v) is 6.14. The molecule has 21 heavy (non-hydrogen) atoms. The van der Waals surface area contributed by atoms with Crippen LogP contribution in [0.15, 0.2) is 54.6 Å². The summed E-state index contributed by atoms with van der Waals surface area (Å²) in [4.78, 5) is 0. The van der Waals surface area contributed by atoms with Crippen molar-refractivity contribution in [3.63, 3.8) is 0 Å². The highest BCUT2D eigenvalue weighted by atomic mass is 35.5. The van der Waals surface area contributed by atoms with Gasteiger partial charge in [-0.15, -0.1) is 0 Å². The summed E-state index contributed by atoms with van der Waals surface area (Å²) in [6.07, 6.45) is 0. The van der Waals surface area contributed by atoms with Crippen molar-refractivity contribution in [2.24, 2.45) is 5.73 Å². The van der Waals surface area contributed by atoms with Crippen molar-refractivity contribution < 1.29 is 0 Å². The van der Waals surface area contributed by atoms with Crippen LogP contribution in [0.5, 0.6) is 0 Å². The predicted molar refractivity (Wildman–Crippen MR) is 91.5 cm³/mol. The van der Waals surface area contributed by atoms with E-state index in [9.17, 15) is 0 Å². The fraction of sp³-hybridized carbons (Fsp3) is 0.0588. The van der Waals surface area contributed by atoms with Crippen molar-refractivity contribution in [1.29, 1.82) is 0 Å². The smallest absolute Gasteiger partial charge is 0.0558 e. The molecule has 0 aliphatic rings. The molecule has 3 rings (SSSR count). The van der Waals surface area contributed by atoms with Gasteiger partial charge in [-0.3, -0.25) is 0 Å². The first-order chi connectivity index (χ1) is 10.1. The van der Waals surface area contributed by atoms with Crippen LogP contribution in [-0.4, -0.2) is 0 Å². The van der Waals surface area contributed by atoms with Gasteiger partial charge in [0.25, 0.3) is 0 Å². The number of halogens is 3. The summed E-state index contributed by atoms with van der Waals surface area (Å²) in [5, 5.41) is 3.89. The minimum Gasteiger partial charge on any atom is -0.320 e. The molecule has 0 aromatic heterocycles. The van der Waals surface area contributed by atoms with Gasteiger partial charge in [-0.05, 0) is 40.8 Å². The fourth-order valence-electron chi connectivity index (χ4n) is 2.49. The summed E-state index contributed by atoms with van der Waals surface area (Å²) in [5.74, 6) is 0. The lowest BCUT2D eigenvalue weighted by atomic mass is 9.94. The van der Waals surface area contributed by atoms with E-state index in [1.54, 1.807) is 6.07 Å². The van der Waals surface area contributed by atoms with Crippen molar-refractivity contribution in [1.82, 2.24) is 0 Å². The SMILES string of the molecule is NC(c1cc(Cl)cc(Cl)c1)c1ccc(Cl)c2ccccc12. The third-order valence-electron chi connectivity index (χ3n) is 3.48. The normalized spacial score (nSPS) is 12.6. The van der Waals surface area contributed by atoms with Gasteiger partial charge in [-0.25, -0.2) is 0 Å². The molecule has 1 atom stereocenters. The van der Waals surface area contributed by atoms with E-state index >= 15 is 0 Å². The van der Waals surface area contributed by atoms with Crippen LogP contribution in [0.3, 0.4) is 0 Å². The largest absolute Gasteiger partial charge is 0.320 e. The average molecular weight is 337 g/mol. The van der Waals surface area contributed by atoms with Gasteiger partial charge >= 0.3 is 0 Å². The van der Waals surface area contributed by atoms with E-state index in [-0.39, 0.29) is 6.04 Å². The van der Waals surface area contributed by atoms with Crippen molar-refractivity contribution in [2.45, 2.75) is 6.04 Å². The van der Waals surface area contributed by atoms with Gasteiger partial charge in [0.15, 0.2) is 0 Å². The second kappa shape index (κ2) is 5.86. The van der Waals surface area contributed by atoms with Gasteiger partial charge in [0.1, 0.15) is 0 Å². The first-order valence-corrected chi connectivity index (χ1v) is 7.58. The van der Waals surface area contributed by atoms with Crippen molar-refractivity contribution >= 4 is 45.6 Å². The maximum absolute atomic E-state index is 6.41. The number of hydrogen-bond donors (Lipinski definition) is 1. The van der Waals surface area contributed by atoms with Gasteiger partial charge < -0.3 is 5.73 Å². The highest BCUT2D eigenvalue weighted by Gasteiger charge is 2.14. The monoisotopic (exact) mass is 335 g/mol. The number of nitrogens with two attached hydrogens (primary N) is 1. The van der Waals surface area contributed by atoms with Crippen molar-refractivity contribution in [2.75, 3.05) is 0 Å². The quantitative estimate of drug-likeness (QED) is 0.624. The highest BCUT2D eigenvalue weighted by Crippen LogP contribution is 2.33. The predicted octanol–water partition coefficient (Wildman–Crippen LogP) is 5.85. The Labute approximate surface area is 138 Å². The molecular formula is C17H12Cl3N. The Morgan fingerprint density at radius 1 is 0.762 bits per heavy atom. The summed E-state index contributed by atoms with van der Waals surface area (Å²) >= 11 is 18.4. The van der Waals surface area contributed by atoms with Gasteiger partial charge in [0.05, 0.1) is 6.04 Å². The van der Waals surface area contributed by atoms with Crippen LogP contribution in [0.25, 0.3) is 10.8 Å². The zero-order chi connectivity index (χ0) is 15.0. The van der Waals surface area contributed by atoms with E-state index in [0.717, 1.165) is 21.9 Å². The molecule has 0 fully saturated rings. The van der Waals surface area contributed by atoms with Crippen LogP contribution in [0, 0.1) is 0 Å². The van der Waals surface area contributed by atoms with E-state index in [0.29, 0.717) is 15.1 Å². The molecule has 1 unspecified atom stereocenters. The lowest BCUT2D eigenvalue weighted by Crippen LogP contribution is -2.12. The van der Waals surface area contributed by atoms with Crippen LogP contribution in [0.4, 0.5) is 0 Å². The minimum atomic E-state index is -0.316. The summed E-state index contributed by atoms with van der Waals surface area (Å²) in [7, 11) is 0. The minimum absolute atomic E-state index is 0.316. The summed E-state index contributed by atoms with van der Waals surface area (Å²) in [6, 6.07) is 16.8. The van der Waals surface area contributed by atoms with Gasteiger partial charge in [0.2, 0.25) is 0 Å². The second-order valence-electron chi connectivity index (χ2n) is 4.86. The van der Waals surface area contributed by atoms with E-state index in [2.05, 4.69) is 0 Å². The zero-order valence-electron chi connectivity index (χ0n) is 11.0. The molecular weight excluding hydrogens is 325 g/mol. The van der Waals surface area contributed by atoms with E-state index in [1.807, 2.05) is 48.5 Å². The molecule has 3 aromatic rings. The van der Waals surface area contributed by atoms with Crippen LogP contribution in [0.2, 0.25) is 15.1 Å². The first kappa shape index (κ1) is 14.7. The number of fused-ring (bicyclic) bond motifs is 1. The third-order valence-corrected chi connectivity index (χ3v) is 4.25. The van der Waals surface area contributed by atoms with Gasteiger partial charge in [0, 0.05) is 20.5 Å². The number of hydrogen-bond acceptors (Lipinski definition) is 1. The molecule has 0 bridgehead atoms. The average Bonchev–Trinajstić information content (AvgIpc) is 2.46. The maximum Gasteiger partial charge on any atom is 0.0558 e. The fourth-order valence-corrected chi connectivity index (χ4v) is 3.26. The van der Waals surface area contributed by atoms with Gasteiger partial charge in [-0.2, -0.15) is 0 Å². The van der Waals surface area contributed by atoms with Crippen molar-refractivity contribution in [3.8, 4) is 0 Å². The Morgan fingerprint density at radius 2 is 1.38 bits per heavy atom. The summed E-state index contributed by atoms with van der Waals surface area (Å²) in [6.45, 7) is 0. The van der Waals surface area contributed by atoms with Crippen LogP contribution in [0.1, 0.15) is 17.2 Å². The molecule has 0 amide bonds. The van der Waals surface area contributed by atoms with Crippen LogP contribution in [-0.2, 0) is 0 Å². The molecule has 0 spiro atoms. The molecule has 3 aromatic carbocycles. The Balaban J connectivity index is 2.18. The summed E-state index contributed by atoms with van der Waals surface area (Å²) < 4.78 is 0. The maximum atomic E-state index is 6.41. The van der Waals surface area contributed by atoms with E-state index < -0.39 is 0 Å². The molecule has 2 N–H and O–H groups in total. The van der Waals surface area contributed by atoms with E-state index in [1.165, 1.54) is 0 Å². The lowest BCUT2D eigenvalue weighted by Gasteiger charge is -2.16. The molecule has 0 saturated carbocycles. The number of rotatable bonds is 2. The van der Waals surface area contributed by atoms with Crippen molar-refractivity contribution in [3.05, 3.63) is 80.8 Å². The molecule has 4 heteroatoms. The van der Waals surface area contributed by atoms with Gasteiger partial charge in [-0.1, -0.05) is 65.1 Å². The molecule has 0 radical (unpaired) electrons. The molecule has 0 saturated heterocycles. The first-order valence-electron chi connectivity index (χ1n) is 6.45. The number of benzene rings is 3. The van der Waals surface area contributed by atoms with E-state index in [4.69, 9.17) is 40.5 Å².